The van der Waals surface area contributed by atoms with Gasteiger partial charge in [-0.3, -0.25) is 0 Å². The van der Waals surface area contributed by atoms with Crippen molar-refractivity contribution < 1.29 is 114 Å². The molecule has 24 nitrogen and oxygen atoms in total. The first kappa shape index (κ1) is 106. The Hall–Kier alpha value is -14.2. The summed E-state index contributed by atoms with van der Waals surface area (Å²) < 4.78 is 107. The van der Waals surface area contributed by atoms with Crippen molar-refractivity contribution in [1.29, 1.82) is 0 Å². The zero-order valence-electron chi connectivity index (χ0n) is 80.5. The minimum atomic E-state index is -0.951. The predicted molar refractivity (Wildman–Crippen MR) is 534 cm³/mol. The molecule has 0 aliphatic rings. The van der Waals surface area contributed by atoms with Crippen molar-refractivity contribution >= 4 is 68.1 Å². The summed E-state index contributed by atoms with van der Waals surface area (Å²) >= 11 is 0. The van der Waals surface area contributed by atoms with Crippen molar-refractivity contribution in [2.24, 2.45) is 0 Å². The summed E-state index contributed by atoms with van der Waals surface area (Å²) in [6, 6.07) is 55.8. The SMILES string of the molecule is CCCCOc1ccc(CCCOC=CC(=O)Oc2cc3c4cc(OC(=O)C=COCCCc5ccc(OCCCC)cc5)c(OC(=O)C=COCCCc5ccc(OCCCC)cc5)cc4c4cc(OC(=O)C=COCCCc5ccc(OCCCC)cc5)c(OC(=O)C=COCCCc5ccc(OCCCC)cc5)cc4c3cc2OC(=O)C=COCCCc2ccc(OCCCC)cc2)cc1. The number of hydrogen-bond acceptors (Lipinski definition) is 24. The summed E-state index contributed by atoms with van der Waals surface area (Å²) in [5.74, 6) is -2.78. The van der Waals surface area contributed by atoms with Gasteiger partial charge in [0.25, 0.3) is 0 Å². The maximum absolute atomic E-state index is 14.4. The second kappa shape index (κ2) is 61.8. The van der Waals surface area contributed by atoms with Crippen LogP contribution in [-0.2, 0) is 95.7 Å². The zero-order valence-corrected chi connectivity index (χ0v) is 80.5. The van der Waals surface area contributed by atoms with E-state index in [9.17, 15) is 28.8 Å². The lowest BCUT2D eigenvalue weighted by Crippen LogP contribution is -2.11. The van der Waals surface area contributed by atoms with Crippen molar-refractivity contribution in [2.45, 2.75) is 196 Å². The normalized spacial score (nSPS) is 11.4. The topological polar surface area (TPSA) is 269 Å². The highest BCUT2D eigenvalue weighted by Crippen LogP contribution is 2.48. The van der Waals surface area contributed by atoms with Gasteiger partial charge in [0.15, 0.2) is 34.5 Å². The van der Waals surface area contributed by atoms with Gasteiger partial charge in [0.1, 0.15) is 34.5 Å². The third kappa shape index (κ3) is 38.9. The third-order valence-electron chi connectivity index (χ3n) is 21.7. The van der Waals surface area contributed by atoms with Crippen LogP contribution in [0.4, 0.5) is 0 Å². The maximum atomic E-state index is 14.4. The number of aryl methyl sites for hydroxylation is 6. The van der Waals surface area contributed by atoms with Crippen LogP contribution in [0.3, 0.4) is 0 Å². The Kier molecular flexibility index (Phi) is 47.4. The Morgan fingerprint density at radius 1 is 0.188 bits per heavy atom. The van der Waals surface area contributed by atoms with Crippen LogP contribution in [-0.4, -0.2) is 115 Å². The number of carbonyl (C=O) groups is 6. The molecular formula is C114H132O24. The summed E-state index contributed by atoms with van der Waals surface area (Å²) in [4.78, 5) is 86.1. The second-order valence-corrected chi connectivity index (χ2v) is 32.8. The lowest BCUT2D eigenvalue weighted by atomic mass is 9.93. The van der Waals surface area contributed by atoms with Crippen LogP contribution >= 0.6 is 0 Å². The molecule has 0 fully saturated rings. The molecule has 0 amide bonds. The predicted octanol–water partition coefficient (Wildman–Crippen LogP) is 24.6. The van der Waals surface area contributed by atoms with Crippen molar-refractivity contribution in [2.75, 3.05) is 79.3 Å². The van der Waals surface area contributed by atoms with E-state index in [0.29, 0.717) is 117 Å². The standard InChI is InChI=1S/C114H132O24/c1-7-13-67-127-91-43-31-85(32-44-91)25-19-61-121-73-55-109(115)133-103-79-97-98(80-104(103)134-110(116)56-74-122-62-20-26-86-33-45-92(46-34-86)128-68-14-8-2)100-82-106(136-112(118)58-76-124-64-22-28-88-37-49-94(50-38-88)130-70-16-10-4)108(138-114(120)60-78-126-66-24-30-90-41-53-96(54-42-90)132-72-18-12-6)84-102(100)101-83-107(137-113(119)59-77-125-65-23-29-89-39-51-95(52-40-89)131-71-17-11-5)105(81-99(97)101)135-111(117)57-75-123-63-21-27-87-35-47-93(48-36-87)129-69-15-9-3/h31-60,73-84H,7-30,61-72H2,1-6H3. The number of esters is 6. The first-order valence-electron chi connectivity index (χ1n) is 48.5. The van der Waals surface area contributed by atoms with Crippen molar-refractivity contribution in [3.8, 4) is 69.0 Å². The van der Waals surface area contributed by atoms with Crippen LogP contribution in [0.1, 0.15) is 190 Å². The fraction of sp³-hybridized carbons (Fsp3) is 0.368. The second-order valence-electron chi connectivity index (χ2n) is 32.8. The summed E-state index contributed by atoms with van der Waals surface area (Å²) in [6.07, 6.45) is 33.1. The molecule has 10 rings (SSSR count). The number of rotatable bonds is 66. The van der Waals surface area contributed by atoms with E-state index < -0.39 is 35.8 Å². The molecule has 0 N–H and O–H groups in total. The van der Waals surface area contributed by atoms with E-state index in [1.54, 1.807) is 0 Å². The zero-order chi connectivity index (χ0) is 97.2. The molecule has 24 heteroatoms. The molecular weight excluding hydrogens is 1750 g/mol. The Morgan fingerprint density at radius 3 is 0.457 bits per heavy atom. The van der Waals surface area contributed by atoms with E-state index in [4.69, 9.17) is 85.3 Å². The molecule has 0 saturated heterocycles. The van der Waals surface area contributed by atoms with Crippen LogP contribution in [0.2, 0.25) is 0 Å². The number of ether oxygens (including phenoxy) is 18. The average Bonchev–Trinajstić information content (AvgIpc) is 0.721. The van der Waals surface area contributed by atoms with Gasteiger partial charge >= 0.3 is 35.8 Å². The molecule has 0 aliphatic carbocycles. The molecule has 732 valence electrons. The van der Waals surface area contributed by atoms with E-state index in [1.807, 2.05) is 146 Å². The molecule has 0 heterocycles. The van der Waals surface area contributed by atoms with Crippen molar-refractivity contribution in [1.82, 2.24) is 0 Å². The van der Waals surface area contributed by atoms with Gasteiger partial charge in [0, 0.05) is 0 Å². The molecule has 138 heavy (non-hydrogen) atoms. The molecule has 0 bridgehead atoms. The largest absolute Gasteiger partial charge is 0.501 e. The van der Waals surface area contributed by atoms with Gasteiger partial charge in [0.2, 0.25) is 0 Å². The van der Waals surface area contributed by atoms with E-state index in [0.717, 1.165) is 181 Å². The summed E-state index contributed by atoms with van der Waals surface area (Å²) in [5.41, 5.74) is 6.40. The van der Waals surface area contributed by atoms with Crippen LogP contribution < -0.4 is 56.8 Å². The number of benzene rings is 10. The first-order chi connectivity index (χ1) is 67.7. The fourth-order valence-corrected chi connectivity index (χ4v) is 14.1. The van der Waals surface area contributed by atoms with E-state index >= 15 is 0 Å². The van der Waals surface area contributed by atoms with Gasteiger partial charge in [-0.15, -0.1) is 0 Å². The van der Waals surface area contributed by atoms with Gasteiger partial charge in [-0.2, -0.15) is 0 Å². The molecule has 0 unspecified atom stereocenters. The van der Waals surface area contributed by atoms with Gasteiger partial charge < -0.3 is 85.3 Å². The number of hydrogen-bond donors (Lipinski definition) is 0. The summed E-state index contributed by atoms with van der Waals surface area (Å²) in [7, 11) is 0. The number of carbonyl (C=O) groups excluding carboxylic acids is 6. The molecule has 0 radical (unpaired) electrons. The van der Waals surface area contributed by atoms with Gasteiger partial charge in [-0.25, -0.2) is 28.8 Å². The lowest BCUT2D eigenvalue weighted by molar-refractivity contribution is -0.131. The lowest BCUT2D eigenvalue weighted by Gasteiger charge is -2.18. The number of fused-ring (bicyclic) bond motifs is 6. The fourth-order valence-electron chi connectivity index (χ4n) is 14.1. The molecule has 0 saturated carbocycles. The Bertz CT molecular complexity index is 4650. The molecule has 10 aromatic carbocycles. The average molecular weight is 1890 g/mol. The minimum Gasteiger partial charge on any atom is -0.501 e. The number of unbranched alkanes of at least 4 members (excludes halogenated alkanes) is 6. The Balaban J connectivity index is 1.03. The van der Waals surface area contributed by atoms with E-state index in [1.165, 1.54) is 74.0 Å². The Labute approximate surface area is 811 Å². The maximum Gasteiger partial charge on any atom is 0.339 e. The van der Waals surface area contributed by atoms with Crippen LogP contribution in [0.5, 0.6) is 69.0 Å². The molecule has 0 aliphatic heterocycles. The van der Waals surface area contributed by atoms with Gasteiger partial charge in [-0.1, -0.05) is 153 Å². The molecule has 10 aromatic rings. The molecule has 0 aromatic heterocycles. The van der Waals surface area contributed by atoms with Crippen LogP contribution in [0, 0.1) is 0 Å². The monoisotopic (exact) mass is 1880 g/mol. The van der Waals surface area contributed by atoms with E-state index in [2.05, 4.69) is 41.5 Å². The highest BCUT2D eigenvalue weighted by atomic mass is 16.6. The van der Waals surface area contributed by atoms with Gasteiger partial charge in [-0.05, 0) is 290 Å². The molecule has 0 spiro atoms. The van der Waals surface area contributed by atoms with Crippen LogP contribution in [0.25, 0.3) is 32.3 Å². The van der Waals surface area contributed by atoms with Crippen LogP contribution in [0.15, 0.2) is 256 Å². The van der Waals surface area contributed by atoms with Gasteiger partial charge in [0.05, 0.1) is 153 Å². The minimum absolute atomic E-state index is 0.218. The van der Waals surface area contributed by atoms with E-state index in [-0.39, 0.29) is 106 Å². The third-order valence-corrected chi connectivity index (χ3v) is 21.7. The van der Waals surface area contributed by atoms with Crippen molar-refractivity contribution in [3.63, 3.8) is 0 Å². The first-order valence-corrected chi connectivity index (χ1v) is 48.5. The Morgan fingerprint density at radius 2 is 0.326 bits per heavy atom. The highest BCUT2D eigenvalue weighted by molar-refractivity contribution is 6.27. The smallest absolute Gasteiger partial charge is 0.339 e. The summed E-state index contributed by atoms with van der Waals surface area (Å²) in [6.45, 7) is 17.8. The van der Waals surface area contributed by atoms with Crippen molar-refractivity contribution in [3.05, 3.63) is 289 Å². The molecule has 0 atom stereocenters. The quantitative estimate of drug-likeness (QED) is 0.00855. The highest BCUT2D eigenvalue weighted by Gasteiger charge is 2.25. The summed E-state index contributed by atoms with van der Waals surface area (Å²) in [5, 5.41) is 1.31.